The first-order valence-corrected chi connectivity index (χ1v) is 5.02. The Hall–Kier alpha value is -0.620. The van der Waals surface area contributed by atoms with E-state index in [9.17, 15) is 9.18 Å². The van der Waals surface area contributed by atoms with E-state index in [0.29, 0.717) is 0 Å². The van der Waals surface area contributed by atoms with Crippen molar-refractivity contribution in [1.29, 1.82) is 0 Å². The molecule has 0 radical (unpaired) electrons. The largest absolute Gasteiger partial charge is 0.495 e. The van der Waals surface area contributed by atoms with Gasteiger partial charge >= 0.3 is 5.97 Å². The van der Waals surface area contributed by atoms with Crippen molar-refractivity contribution in [1.82, 2.24) is 0 Å². The van der Waals surface area contributed by atoms with Gasteiger partial charge in [0.1, 0.15) is 17.1 Å². The number of rotatable bonds is 2. The molecule has 0 bridgehead atoms. The maximum Gasteiger partial charge on any atom is 0.339 e. The van der Waals surface area contributed by atoms with Crippen LogP contribution in [-0.2, 0) is 0 Å². The maximum absolute atomic E-state index is 13.1. The molecular weight excluding hydrogens is 323 g/mol. The third-order valence-corrected chi connectivity index (χ3v) is 3.62. The van der Waals surface area contributed by atoms with Crippen LogP contribution in [-0.4, -0.2) is 18.2 Å². The summed E-state index contributed by atoms with van der Waals surface area (Å²) in [6, 6.07) is 0.899. The summed E-state index contributed by atoms with van der Waals surface area (Å²) in [7, 11) is 1.32. The van der Waals surface area contributed by atoms with Gasteiger partial charge in [0.05, 0.1) is 16.1 Å². The number of ether oxygens (including phenoxy) is 1. The zero-order valence-corrected chi connectivity index (χ0v) is 10.1. The molecule has 1 aromatic carbocycles. The van der Waals surface area contributed by atoms with Gasteiger partial charge < -0.3 is 9.84 Å². The fourth-order valence-corrected chi connectivity index (χ4v) is 1.80. The topological polar surface area (TPSA) is 46.5 Å². The van der Waals surface area contributed by atoms with Crippen LogP contribution in [0, 0.1) is 5.82 Å². The summed E-state index contributed by atoms with van der Waals surface area (Å²) in [6.07, 6.45) is 0. The van der Waals surface area contributed by atoms with E-state index in [1.165, 1.54) is 7.11 Å². The molecule has 0 atom stereocenters. The number of aromatic carboxylic acids is 1. The average Bonchev–Trinajstić information content (AvgIpc) is 2.13. The van der Waals surface area contributed by atoms with Gasteiger partial charge in [-0.25, -0.2) is 9.18 Å². The molecule has 0 aliphatic rings. The van der Waals surface area contributed by atoms with Crippen LogP contribution >= 0.6 is 31.9 Å². The first-order chi connectivity index (χ1) is 6.49. The standard InChI is InChI=1S/C8H5Br2FO3/c1-14-7-3(8(12)13)2-4(11)5(9)6(7)10/h2H,1H3,(H,12,13). The van der Waals surface area contributed by atoms with Gasteiger partial charge in [-0.2, -0.15) is 0 Å². The number of carboxylic acid groups (broad SMARTS) is 1. The van der Waals surface area contributed by atoms with Crippen molar-refractivity contribution in [2.24, 2.45) is 0 Å². The lowest BCUT2D eigenvalue weighted by Crippen LogP contribution is -2.02. The minimum Gasteiger partial charge on any atom is -0.495 e. The highest BCUT2D eigenvalue weighted by Gasteiger charge is 2.19. The van der Waals surface area contributed by atoms with Crippen LogP contribution in [0.2, 0.25) is 0 Å². The number of hydrogen-bond donors (Lipinski definition) is 1. The Labute approximate surface area is 96.1 Å². The molecule has 0 saturated carbocycles. The highest BCUT2D eigenvalue weighted by atomic mass is 79.9. The normalized spacial score (nSPS) is 10.0. The molecule has 1 N–H and O–H groups in total. The lowest BCUT2D eigenvalue weighted by atomic mass is 10.2. The molecule has 1 aromatic rings. The minimum atomic E-state index is -1.24. The van der Waals surface area contributed by atoms with Gasteiger partial charge in [-0.3, -0.25) is 0 Å². The summed E-state index contributed by atoms with van der Waals surface area (Å²) in [5.74, 6) is -1.81. The summed E-state index contributed by atoms with van der Waals surface area (Å²) in [4.78, 5) is 10.7. The van der Waals surface area contributed by atoms with E-state index in [1.807, 2.05) is 0 Å². The average molecular weight is 328 g/mol. The van der Waals surface area contributed by atoms with E-state index in [-0.39, 0.29) is 20.3 Å². The molecule has 0 spiro atoms. The first-order valence-electron chi connectivity index (χ1n) is 3.43. The van der Waals surface area contributed by atoms with Crippen molar-refractivity contribution >= 4 is 37.8 Å². The van der Waals surface area contributed by atoms with Gasteiger partial charge in [0, 0.05) is 0 Å². The number of methoxy groups -OCH3 is 1. The predicted molar refractivity (Wildman–Crippen MR) is 55.3 cm³/mol. The number of halogens is 3. The third-order valence-electron chi connectivity index (χ3n) is 1.55. The van der Waals surface area contributed by atoms with E-state index < -0.39 is 11.8 Å². The fraction of sp³-hybridized carbons (Fsp3) is 0.125. The molecule has 14 heavy (non-hydrogen) atoms. The SMILES string of the molecule is COc1c(C(=O)O)cc(F)c(Br)c1Br. The summed E-state index contributed by atoms with van der Waals surface area (Å²) < 4.78 is 18.4. The smallest absolute Gasteiger partial charge is 0.339 e. The van der Waals surface area contributed by atoms with Gasteiger partial charge in [-0.05, 0) is 37.9 Å². The lowest BCUT2D eigenvalue weighted by Gasteiger charge is -2.09. The molecule has 0 heterocycles. The number of carbonyl (C=O) groups is 1. The molecule has 1 rings (SSSR count). The van der Waals surface area contributed by atoms with Gasteiger partial charge in [0.2, 0.25) is 0 Å². The second kappa shape index (κ2) is 4.27. The Morgan fingerprint density at radius 1 is 1.50 bits per heavy atom. The fourth-order valence-electron chi connectivity index (χ4n) is 0.937. The van der Waals surface area contributed by atoms with Crippen LogP contribution in [0.1, 0.15) is 10.4 Å². The van der Waals surface area contributed by atoms with E-state index in [2.05, 4.69) is 31.9 Å². The molecule has 0 aromatic heterocycles. The molecule has 0 saturated heterocycles. The Balaban J connectivity index is 3.51. The van der Waals surface area contributed by atoms with Gasteiger partial charge in [-0.1, -0.05) is 0 Å². The van der Waals surface area contributed by atoms with Crippen LogP contribution in [0.4, 0.5) is 4.39 Å². The summed E-state index contributed by atoms with van der Waals surface area (Å²) >= 11 is 5.99. The van der Waals surface area contributed by atoms with Crippen molar-refractivity contribution in [3.63, 3.8) is 0 Å². The van der Waals surface area contributed by atoms with Gasteiger partial charge in [-0.15, -0.1) is 0 Å². The molecule has 76 valence electrons. The Bertz CT molecular complexity index is 393. The third kappa shape index (κ3) is 1.90. The Morgan fingerprint density at radius 2 is 2.07 bits per heavy atom. The summed E-state index contributed by atoms with van der Waals surface area (Å²) in [6.45, 7) is 0. The van der Waals surface area contributed by atoms with Gasteiger partial charge in [0.15, 0.2) is 0 Å². The number of carboxylic acids is 1. The minimum absolute atomic E-state index is 0.0887. The first kappa shape index (κ1) is 11.5. The van der Waals surface area contributed by atoms with Crippen LogP contribution in [0.25, 0.3) is 0 Å². The second-order valence-electron chi connectivity index (χ2n) is 2.37. The van der Waals surface area contributed by atoms with Crippen molar-refractivity contribution in [2.75, 3.05) is 7.11 Å². The zero-order valence-electron chi connectivity index (χ0n) is 6.97. The lowest BCUT2D eigenvalue weighted by molar-refractivity contribution is 0.0692. The molecule has 0 aliphatic carbocycles. The molecule has 3 nitrogen and oxygen atoms in total. The summed E-state index contributed by atoms with van der Waals surface area (Å²) in [5, 5.41) is 8.75. The van der Waals surface area contributed by atoms with Crippen LogP contribution in [0.3, 0.4) is 0 Å². The van der Waals surface area contributed by atoms with E-state index >= 15 is 0 Å². The monoisotopic (exact) mass is 326 g/mol. The van der Waals surface area contributed by atoms with Crippen LogP contribution < -0.4 is 4.74 Å². The van der Waals surface area contributed by atoms with Gasteiger partial charge in [0.25, 0.3) is 0 Å². The van der Waals surface area contributed by atoms with E-state index in [4.69, 9.17) is 9.84 Å². The Kier molecular flexibility index (Phi) is 3.49. The highest BCUT2D eigenvalue weighted by molar-refractivity contribution is 9.13. The molecule has 0 aliphatic heterocycles. The number of hydrogen-bond acceptors (Lipinski definition) is 2. The quantitative estimate of drug-likeness (QED) is 0.849. The molecule has 0 amide bonds. The summed E-state index contributed by atoms with van der Waals surface area (Å²) in [5.41, 5.74) is -0.222. The molecular formula is C8H5Br2FO3. The zero-order chi connectivity index (χ0) is 10.9. The van der Waals surface area contributed by atoms with Crippen molar-refractivity contribution in [3.8, 4) is 5.75 Å². The van der Waals surface area contributed by atoms with Crippen molar-refractivity contribution in [3.05, 3.63) is 26.4 Å². The van der Waals surface area contributed by atoms with Crippen molar-refractivity contribution in [2.45, 2.75) is 0 Å². The number of benzene rings is 1. The molecule has 6 heteroatoms. The predicted octanol–water partition coefficient (Wildman–Crippen LogP) is 3.06. The molecule has 0 unspecified atom stereocenters. The second-order valence-corrected chi connectivity index (χ2v) is 3.96. The van der Waals surface area contributed by atoms with Crippen molar-refractivity contribution < 1.29 is 19.0 Å². The van der Waals surface area contributed by atoms with E-state index in [1.54, 1.807) is 0 Å². The molecule has 0 fully saturated rings. The highest BCUT2D eigenvalue weighted by Crippen LogP contribution is 2.37. The van der Waals surface area contributed by atoms with E-state index in [0.717, 1.165) is 6.07 Å². The maximum atomic E-state index is 13.1. The Morgan fingerprint density at radius 3 is 2.50 bits per heavy atom. The van der Waals surface area contributed by atoms with Crippen LogP contribution in [0.15, 0.2) is 15.0 Å². The van der Waals surface area contributed by atoms with Crippen LogP contribution in [0.5, 0.6) is 5.75 Å².